The highest BCUT2D eigenvalue weighted by Crippen LogP contribution is 2.32. The number of hydrogen-bond donors (Lipinski definition) is 2. The lowest BCUT2D eigenvalue weighted by Crippen LogP contribution is -2.06. The zero-order valence-corrected chi connectivity index (χ0v) is 20.5. The number of aliphatic carboxylic acids is 1. The summed E-state index contributed by atoms with van der Waals surface area (Å²) in [6.45, 7) is 6.37. The highest BCUT2D eigenvalue weighted by molar-refractivity contribution is 5.95. The van der Waals surface area contributed by atoms with E-state index in [1.807, 2.05) is 35.9 Å². The molecule has 182 valence electrons. The molecule has 3 aromatic carbocycles. The Kier molecular flexibility index (Phi) is 6.06. The highest BCUT2D eigenvalue weighted by Gasteiger charge is 2.16. The third-order valence-electron chi connectivity index (χ3n) is 6.33. The lowest BCUT2D eigenvalue weighted by atomic mass is 10.00. The van der Waals surface area contributed by atoms with E-state index in [1.54, 1.807) is 6.20 Å². The van der Waals surface area contributed by atoms with Crippen molar-refractivity contribution >= 4 is 33.5 Å². The number of carbonyl (C=O) groups is 1. The van der Waals surface area contributed by atoms with Gasteiger partial charge in [-0.05, 0) is 73.2 Å². The number of carboxylic acids is 1. The minimum absolute atomic E-state index is 0.0963. The molecule has 0 spiro atoms. The van der Waals surface area contributed by atoms with Crippen LogP contribution in [0.25, 0.3) is 32.8 Å². The van der Waals surface area contributed by atoms with Crippen LogP contribution >= 0.6 is 0 Å². The quantitative estimate of drug-likeness (QED) is 0.299. The maximum absolute atomic E-state index is 11.3. The smallest absolute Gasteiger partial charge is 0.307 e. The third kappa shape index (κ3) is 4.47. The van der Waals surface area contributed by atoms with Crippen LogP contribution in [0.4, 0.5) is 5.82 Å². The molecule has 2 aromatic heterocycles. The van der Waals surface area contributed by atoms with Gasteiger partial charge >= 0.3 is 5.97 Å². The van der Waals surface area contributed by atoms with Crippen molar-refractivity contribution in [3.8, 4) is 16.9 Å². The molecule has 0 unspecified atom stereocenters. The molecule has 5 rings (SSSR count). The van der Waals surface area contributed by atoms with Crippen LogP contribution in [0.15, 0.2) is 66.9 Å². The summed E-state index contributed by atoms with van der Waals surface area (Å²) < 4.78 is 8.16. The van der Waals surface area contributed by atoms with E-state index in [-0.39, 0.29) is 19.1 Å². The Morgan fingerprint density at radius 2 is 1.78 bits per heavy atom. The van der Waals surface area contributed by atoms with Crippen LogP contribution < -0.4 is 10.5 Å². The second kappa shape index (κ2) is 9.34. The standard InChI is InChI=1S/C29H28N4O3/c1-17(2)33-26-9-8-21(20-7-6-19-10-11-31-29(30)23(19)13-20)14-24(26)25(32-33)16-36-27-12-18(3)4-5-22(27)15-28(34)35/h4-14,17H,15-16H2,1-3H3,(H2,30,31)(H,34,35). The van der Waals surface area contributed by atoms with Crippen LogP contribution in [-0.4, -0.2) is 25.8 Å². The minimum Gasteiger partial charge on any atom is -0.487 e. The number of carboxylic acid groups (broad SMARTS) is 1. The second-order valence-electron chi connectivity index (χ2n) is 9.32. The molecule has 0 aliphatic heterocycles. The molecule has 0 atom stereocenters. The molecule has 0 saturated carbocycles. The third-order valence-corrected chi connectivity index (χ3v) is 6.33. The predicted octanol–water partition coefficient (Wildman–Crippen LogP) is 5.93. The van der Waals surface area contributed by atoms with E-state index >= 15 is 0 Å². The van der Waals surface area contributed by atoms with Gasteiger partial charge in [-0.15, -0.1) is 0 Å². The molecular formula is C29H28N4O3. The molecule has 0 saturated heterocycles. The lowest BCUT2D eigenvalue weighted by Gasteiger charge is -2.11. The zero-order valence-electron chi connectivity index (χ0n) is 20.5. The van der Waals surface area contributed by atoms with Crippen LogP contribution in [0.3, 0.4) is 0 Å². The zero-order chi connectivity index (χ0) is 25.4. The number of aryl methyl sites for hydroxylation is 1. The normalized spacial score (nSPS) is 11.4. The van der Waals surface area contributed by atoms with Gasteiger partial charge in [-0.2, -0.15) is 5.10 Å². The van der Waals surface area contributed by atoms with Crippen molar-refractivity contribution in [2.75, 3.05) is 5.73 Å². The number of ether oxygens (including phenoxy) is 1. The molecule has 5 aromatic rings. The summed E-state index contributed by atoms with van der Waals surface area (Å²) in [5.74, 6) is 0.180. The molecule has 2 heterocycles. The van der Waals surface area contributed by atoms with E-state index in [0.717, 1.165) is 44.1 Å². The van der Waals surface area contributed by atoms with Crippen LogP contribution in [0.2, 0.25) is 0 Å². The SMILES string of the molecule is Cc1ccc(CC(=O)O)c(OCc2nn(C(C)C)c3ccc(-c4ccc5ccnc(N)c5c4)cc23)c1. The Hall–Kier alpha value is -4.39. The van der Waals surface area contributed by atoms with Gasteiger partial charge < -0.3 is 15.6 Å². The van der Waals surface area contributed by atoms with Gasteiger partial charge in [0.05, 0.1) is 11.9 Å². The first kappa shape index (κ1) is 23.4. The molecule has 7 nitrogen and oxygen atoms in total. The van der Waals surface area contributed by atoms with Crippen molar-refractivity contribution in [3.05, 3.63) is 83.7 Å². The summed E-state index contributed by atoms with van der Waals surface area (Å²) in [6, 6.07) is 20.2. The van der Waals surface area contributed by atoms with Gasteiger partial charge in [0.25, 0.3) is 0 Å². The summed E-state index contributed by atoms with van der Waals surface area (Å²) in [4.78, 5) is 15.5. The van der Waals surface area contributed by atoms with E-state index in [1.165, 1.54) is 0 Å². The average Bonchev–Trinajstić information content (AvgIpc) is 3.22. The van der Waals surface area contributed by atoms with Crippen molar-refractivity contribution in [1.82, 2.24) is 14.8 Å². The summed E-state index contributed by atoms with van der Waals surface area (Å²) in [6.07, 6.45) is 1.62. The van der Waals surface area contributed by atoms with Crippen molar-refractivity contribution in [2.24, 2.45) is 0 Å². The Balaban J connectivity index is 1.55. The number of fused-ring (bicyclic) bond motifs is 2. The molecule has 0 aliphatic rings. The molecule has 0 radical (unpaired) electrons. The lowest BCUT2D eigenvalue weighted by molar-refractivity contribution is -0.136. The predicted molar refractivity (Wildman–Crippen MR) is 142 cm³/mol. The molecule has 0 fully saturated rings. The molecule has 36 heavy (non-hydrogen) atoms. The number of benzene rings is 3. The fraction of sp³-hybridized carbons (Fsp3) is 0.207. The van der Waals surface area contributed by atoms with Crippen LogP contribution in [0, 0.1) is 6.92 Å². The molecule has 0 bridgehead atoms. The van der Waals surface area contributed by atoms with Crippen LogP contribution in [0.5, 0.6) is 5.75 Å². The number of anilines is 1. The van der Waals surface area contributed by atoms with Crippen LogP contribution in [0.1, 0.15) is 36.7 Å². The van der Waals surface area contributed by atoms with E-state index in [0.29, 0.717) is 17.1 Å². The van der Waals surface area contributed by atoms with Crippen molar-refractivity contribution in [3.63, 3.8) is 0 Å². The Morgan fingerprint density at radius 1 is 1.03 bits per heavy atom. The number of aromatic nitrogens is 3. The van der Waals surface area contributed by atoms with E-state index < -0.39 is 5.97 Å². The fourth-order valence-corrected chi connectivity index (χ4v) is 4.51. The van der Waals surface area contributed by atoms with Gasteiger partial charge in [0.2, 0.25) is 0 Å². The number of rotatable bonds is 7. The Labute approximate surface area is 209 Å². The monoisotopic (exact) mass is 480 g/mol. The average molecular weight is 481 g/mol. The molecule has 0 aliphatic carbocycles. The highest BCUT2D eigenvalue weighted by atomic mass is 16.5. The first-order valence-corrected chi connectivity index (χ1v) is 11.9. The van der Waals surface area contributed by atoms with Gasteiger partial charge in [0.1, 0.15) is 23.9 Å². The Bertz CT molecular complexity index is 1600. The van der Waals surface area contributed by atoms with Crippen molar-refractivity contribution < 1.29 is 14.6 Å². The summed E-state index contributed by atoms with van der Waals surface area (Å²) in [5.41, 5.74) is 11.7. The second-order valence-corrected chi connectivity index (χ2v) is 9.32. The number of nitrogens with two attached hydrogens (primary N) is 1. The summed E-state index contributed by atoms with van der Waals surface area (Å²) in [7, 11) is 0. The summed E-state index contributed by atoms with van der Waals surface area (Å²) in [5, 5.41) is 17.1. The first-order chi connectivity index (χ1) is 17.3. The maximum atomic E-state index is 11.3. The number of pyridine rings is 1. The fourth-order valence-electron chi connectivity index (χ4n) is 4.51. The molecule has 3 N–H and O–H groups in total. The molecule has 0 amide bonds. The minimum atomic E-state index is -0.894. The number of nitrogens with zero attached hydrogens (tertiary/aromatic N) is 3. The molecular weight excluding hydrogens is 452 g/mol. The topological polar surface area (TPSA) is 103 Å². The van der Waals surface area contributed by atoms with Gasteiger partial charge in [-0.25, -0.2) is 4.98 Å². The van der Waals surface area contributed by atoms with E-state index in [2.05, 4.69) is 55.2 Å². The number of hydrogen-bond acceptors (Lipinski definition) is 5. The van der Waals surface area contributed by atoms with Gasteiger partial charge in [-0.3, -0.25) is 9.48 Å². The summed E-state index contributed by atoms with van der Waals surface area (Å²) >= 11 is 0. The van der Waals surface area contributed by atoms with Crippen LogP contribution in [-0.2, 0) is 17.8 Å². The first-order valence-electron chi connectivity index (χ1n) is 11.9. The van der Waals surface area contributed by atoms with Gasteiger partial charge in [-0.1, -0.05) is 30.3 Å². The van der Waals surface area contributed by atoms with Crippen molar-refractivity contribution in [1.29, 1.82) is 0 Å². The van der Waals surface area contributed by atoms with Gasteiger partial charge in [0, 0.05) is 28.6 Å². The largest absolute Gasteiger partial charge is 0.487 e. The molecule has 7 heteroatoms. The number of nitrogen functional groups attached to an aromatic ring is 1. The van der Waals surface area contributed by atoms with Gasteiger partial charge in [0.15, 0.2) is 0 Å². The van der Waals surface area contributed by atoms with E-state index in [9.17, 15) is 9.90 Å². The van der Waals surface area contributed by atoms with E-state index in [4.69, 9.17) is 15.6 Å². The Morgan fingerprint density at radius 3 is 2.53 bits per heavy atom. The maximum Gasteiger partial charge on any atom is 0.307 e. The van der Waals surface area contributed by atoms with Crippen molar-refractivity contribution in [2.45, 2.75) is 39.8 Å².